The fourth-order valence-corrected chi connectivity index (χ4v) is 4.55. The van der Waals surface area contributed by atoms with Gasteiger partial charge < -0.3 is 15.1 Å². The number of nitrogens with one attached hydrogen (secondary N) is 1. The van der Waals surface area contributed by atoms with Crippen molar-refractivity contribution in [2.45, 2.75) is 18.2 Å². The second kappa shape index (κ2) is 8.29. The summed E-state index contributed by atoms with van der Waals surface area (Å²) >= 11 is 1.63. The zero-order chi connectivity index (χ0) is 20.4. The van der Waals surface area contributed by atoms with Crippen LogP contribution in [0.2, 0.25) is 0 Å². The lowest BCUT2D eigenvalue weighted by Crippen LogP contribution is -2.48. The Labute approximate surface area is 174 Å². The SMILES string of the molecule is CC(=O)c1ccc(N2CCN(C(=O)c3ccc4c(c3)NC(=O)CCS4)CC2)cc1. The van der Waals surface area contributed by atoms with Gasteiger partial charge in [-0.2, -0.15) is 0 Å². The number of nitrogens with zero attached hydrogens (tertiary/aromatic N) is 2. The fraction of sp³-hybridized carbons (Fsp3) is 0.318. The van der Waals surface area contributed by atoms with Gasteiger partial charge in [0.05, 0.1) is 5.69 Å². The monoisotopic (exact) mass is 409 g/mol. The lowest BCUT2D eigenvalue weighted by Gasteiger charge is -2.36. The van der Waals surface area contributed by atoms with Gasteiger partial charge in [-0.05, 0) is 49.4 Å². The number of piperazine rings is 1. The summed E-state index contributed by atoms with van der Waals surface area (Å²) in [6.07, 6.45) is 0.484. The first-order chi connectivity index (χ1) is 14.0. The Morgan fingerprint density at radius 2 is 1.66 bits per heavy atom. The van der Waals surface area contributed by atoms with Gasteiger partial charge >= 0.3 is 0 Å². The van der Waals surface area contributed by atoms with Crippen LogP contribution in [0.4, 0.5) is 11.4 Å². The van der Waals surface area contributed by atoms with Crippen LogP contribution in [0.5, 0.6) is 0 Å². The van der Waals surface area contributed by atoms with E-state index in [-0.39, 0.29) is 17.6 Å². The van der Waals surface area contributed by atoms with Crippen LogP contribution >= 0.6 is 11.8 Å². The van der Waals surface area contributed by atoms with Gasteiger partial charge in [0.25, 0.3) is 5.91 Å². The van der Waals surface area contributed by atoms with Crippen LogP contribution in [0.1, 0.15) is 34.1 Å². The van der Waals surface area contributed by atoms with Crippen LogP contribution in [0, 0.1) is 0 Å². The van der Waals surface area contributed by atoms with Gasteiger partial charge in [0.1, 0.15) is 0 Å². The molecule has 0 atom stereocenters. The molecule has 150 valence electrons. The average molecular weight is 410 g/mol. The van der Waals surface area contributed by atoms with Gasteiger partial charge in [-0.3, -0.25) is 14.4 Å². The van der Waals surface area contributed by atoms with E-state index in [2.05, 4.69) is 10.2 Å². The molecule has 0 aromatic heterocycles. The average Bonchev–Trinajstić information content (AvgIpc) is 2.93. The molecule has 0 unspecified atom stereocenters. The molecule has 1 saturated heterocycles. The summed E-state index contributed by atoms with van der Waals surface area (Å²) < 4.78 is 0. The molecule has 2 aromatic carbocycles. The molecule has 29 heavy (non-hydrogen) atoms. The number of rotatable bonds is 3. The van der Waals surface area contributed by atoms with Crippen molar-refractivity contribution in [3.05, 3.63) is 53.6 Å². The zero-order valence-corrected chi connectivity index (χ0v) is 17.1. The molecule has 1 N–H and O–H groups in total. The summed E-state index contributed by atoms with van der Waals surface area (Å²) in [5, 5.41) is 2.90. The normalized spacial score (nSPS) is 16.7. The third kappa shape index (κ3) is 4.29. The minimum Gasteiger partial charge on any atom is -0.368 e. The van der Waals surface area contributed by atoms with Gasteiger partial charge in [0.2, 0.25) is 5.91 Å². The molecule has 1 fully saturated rings. The van der Waals surface area contributed by atoms with Crippen LogP contribution in [0.15, 0.2) is 47.4 Å². The smallest absolute Gasteiger partial charge is 0.254 e. The molecule has 2 heterocycles. The summed E-state index contributed by atoms with van der Waals surface area (Å²) in [6, 6.07) is 13.2. The Kier molecular flexibility index (Phi) is 5.58. The maximum Gasteiger partial charge on any atom is 0.254 e. The number of benzene rings is 2. The Bertz CT molecular complexity index is 950. The predicted octanol–water partition coefficient (Wildman–Crippen LogP) is 3.29. The van der Waals surface area contributed by atoms with Crippen molar-refractivity contribution in [1.82, 2.24) is 4.90 Å². The van der Waals surface area contributed by atoms with Gasteiger partial charge in [0.15, 0.2) is 5.78 Å². The maximum absolute atomic E-state index is 13.0. The Balaban J connectivity index is 1.41. The third-order valence-electron chi connectivity index (χ3n) is 5.29. The largest absolute Gasteiger partial charge is 0.368 e. The molecule has 0 spiro atoms. The van der Waals surface area contributed by atoms with Gasteiger partial charge in [0, 0.05) is 60.1 Å². The van der Waals surface area contributed by atoms with Crippen molar-refractivity contribution >= 4 is 40.7 Å². The molecule has 4 rings (SSSR count). The molecule has 6 nitrogen and oxygen atoms in total. The van der Waals surface area contributed by atoms with E-state index in [1.807, 2.05) is 41.3 Å². The van der Waals surface area contributed by atoms with E-state index in [9.17, 15) is 14.4 Å². The second-order valence-corrected chi connectivity index (χ2v) is 8.38. The van der Waals surface area contributed by atoms with Crippen LogP contribution in [0.3, 0.4) is 0 Å². The minimum absolute atomic E-state index is 0.00902. The quantitative estimate of drug-likeness (QED) is 0.788. The van der Waals surface area contributed by atoms with Crippen molar-refractivity contribution in [2.24, 2.45) is 0 Å². The molecule has 2 amide bonds. The first-order valence-corrected chi connectivity index (χ1v) is 10.7. The molecular weight excluding hydrogens is 386 g/mol. The summed E-state index contributed by atoms with van der Waals surface area (Å²) in [7, 11) is 0. The highest BCUT2D eigenvalue weighted by Crippen LogP contribution is 2.32. The van der Waals surface area contributed by atoms with Crippen molar-refractivity contribution in [3.8, 4) is 0 Å². The number of amides is 2. The third-order valence-corrected chi connectivity index (χ3v) is 6.37. The fourth-order valence-electron chi connectivity index (χ4n) is 3.61. The zero-order valence-electron chi connectivity index (χ0n) is 16.3. The molecule has 0 radical (unpaired) electrons. The predicted molar refractivity (Wildman–Crippen MR) is 115 cm³/mol. The van der Waals surface area contributed by atoms with Crippen LogP contribution in [0.25, 0.3) is 0 Å². The molecule has 0 aliphatic carbocycles. The molecule has 0 saturated carbocycles. The lowest BCUT2D eigenvalue weighted by atomic mass is 10.1. The number of ketones is 1. The summed E-state index contributed by atoms with van der Waals surface area (Å²) in [4.78, 5) is 41.3. The Morgan fingerprint density at radius 3 is 2.34 bits per heavy atom. The molecule has 2 aliphatic rings. The van der Waals surface area contributed by atoms with Crippen LogP contribution < -0.4 is 10.2 Å². The number of Topliss-reactive ketones (excluding diaryl/α,β-unsaturated/α-hetero) is 1. The van der Waals surface area contributed by atoms with E-state index < -0.39 is 0 Å². The topological polar surface area (TPSA) is 69.7 Å². The highest BCUT2D eigenvalue weighted by molar-refractivity contribution is 7.99. The Morgan fingerprint density at radius 1 is 0.966 bits per heavy atom. The molecular formula is C22H23N3O3S. The van der Waals surface area contributed by atoms with E-state index in [1.165, 1.54) is 0 Å². The van der Waals surface area contributed by atoms with E-state index in [4.69, 9.17) is 0 Å². The molecule has 7 heteroatoms. The second-order valence-electron chi connectivity index (χ2n) is 7.24. The maximum atomic E-state index is 13.0. The van der Waals surface area contributed by atoms with Crippen molar-refractivity contribution in [2.75, 3.05) is 42.1 Å². The van der Waals surface area contributed by atoms with E-state index >= 15 is 0 Å². The van der Waals surface area contributed by atoms with Crippen molar-refractivity contribution in [3.63, 3.8) is 0 Å². The summed E-state index contributed by atoms with van der Waals surface area (Å²) in [5.41, 5.74) is 3.10. The summed E-state index contributed by atoms with van der Waals surface area (Å²) in [6.45, 7) is 4.30. The number of hydrogen-bond acceptors (Lipinski definition) is 5. The number of carbonyl (C=O) groups excluding carboxylic acids is 3. The number of hydrogen-bond donors (Lipinski definition) is 1. The first kappa shape index (κ1) is 19.5. The first-order valence-electron chi connectivity index (χ1n) is 9.73. The number of thioether (sulfide) groups is 1. The number of fused-ring (bicyclic) bond motifs is 1. The van der Waals surface area contributed by atoms with E-state index in [1.54, 1.807) is 24.8 Å². The number of carbonyl (C=O) groups is 3. The minimum atomic E-state index is -0.0112. The van der Waals surface area contributed by atoms with E-state index in [0.29, 0.717) is 30.6 Å². The Hall–Kier alpha value is -2.80. The van der Waals surface area contributed by atoms with E-state index in [0.717, 1.165) is 35.1 Å². The number of anilines is 2. The van der Waals surface area contributed by atoms with Crippen LogP contribution in [-0.2, 0) is 4.79 Å². The van der Waals surface area contributed by atoms with Gasteiger partial charge in [-0.1, -0.05) is 0 Å². The molecule has 2 aromatic rings. The summed E-state index contributed by atoms with van der Waals surface area (Å²) in [5.74, 6) is 0.789. The van der Waals surface area contributed by atoms with Gasteiger partial charge in [-0.25, -0.2) is 0 Å². The van der Waals surface area contributed by atoms with Crippen molar-refractivity contribution < 1.29 is 14.4 Å². The molecule has 2 aliphatic heterocycles. The highest BCUT2D eigenvalue weighted by atomic mass is 32.2. The van der Waals surface area contributed by atoms with Crippen molar-refractivity contribution in [1.29, 1.82) is 0 Å². The van der Waals surface area contributed by atoms with Gasteiger partial charge in [-0.15, -0.1) is 11.8 Å². The van der Waals surface area contributed by atoms with Crippen LogP contribution in [-0.4, -0.2) is 54.4 Å². The highest BCUT2D eigenvalue weighted by Gasteiger charge is 2.24. The standard InChI is InChI=1S/C22H23N3O3S/c1-15(26)16-2-5-18(6-3-16)24-9-11-25(12-10-24)22(28)17-4-7-20-19(14-17)23-21(27)8-13-29-20/h2-7,14H,8-13H2,1H3,(H,23,27). The lowest BCUT2D eigenvalue weighted by molar-refractivity contribution is -0.115. The molecule has 0 bridgehead atoms.